The van der Waals surface area contributed by atoms with Crippen LogP contribution in [-0.4, -0.2) is 11.5 Å². The van der Waals surface area contributed by atoms with Gasteiger partial charge in [-0.05, 0) is 68.6 Å². The van der Waals surface area contributed by atoms with Crippen LogP contribution in [0.4, 0.5) is 0 Å². The Morgan fingerprint density at radius 2 is 1.81 bits per heavy atom. The molecule has 0 aliphatic carbocycles. The number of benzene rings is 1. The van der Waals surface area contributed by atoms with Crippen LogP contribution in [0.25, 0.3) is 0 Å². The molecular formula is C18H24N2O. The predicted molar refractivity (Wildman–Crippen MR) is 87.1 cm³/mol. The summed E-state index contributed by atoms with van der Waals surface area (Å²) in [5.74, 6) is 1.57. The van der Waals surface area contributed by atoms with Gasteiger partial charge >= 0.3 is 0 Å². The van der Waals surface area contributed by atoms with Crippen LogP contribution in [0.3, 0.4) is 0 Å². The van der Waals surface area contributed by atoms with Gasteiger partial charge in [0, 0.05) is 18.3 Å². The number of ether oxygens (including phenoxy) is 1. The lowest BCUT2D eigenvalue weighted by molar-refractivity contribution is 0.454. The lowest BCUT2D eigenvalue weighted by Crippen LogP contribution is -2.12. The van der Waals surface area contributed by atoms with E-state index in [2.05, 4.69) is 56.2 Å². The summed E-state index contributed by atoms with van der Waals surface area (Å²) in [6.45, 7) is 12.2. The minimum Gasteiger partial charge on any atom is -0.438 e. The highest BCUT2D eigenvalue weighted by Crippen LogP contribution is 2.29. The fourth-order valence-electron chi connectivity index (χ4n) is 2.30. The summed E-state index contributed by atoms with van der Waals surface area (Å²) in [5.41, 5.74) is 5.85. The second-order valence-corrected chi connectivity index (χ2v) is 5.55. The number of pyridine rings is 1. The van der Waals surface area contributed by atoms with Gasteiger partial charge in [-0.25, -0.2) is 4.98 Å². The van der Waals surface area contributed by atoms with Crippen molar-refractivity contribution in [2.24, 2.45) is 0 Å². The topological polar surface area (TPSA) is 34.2 Å². The Bertz CT molecular complexity index is 635. The van der Waals surface area contributed by atoms with Crippen LogP contribution >= 0.6 is 0 Å². The zero-order chi connectivity index (χ0) is 15.4. The third kappa shape index (κ3) is 3.82. The average Bonchev–Trinajstić information content (AvgIpc) is 2.44. The molecule has 1 heterocycles. The number of aromatic nitrogens is 1. The number of rotatable bonds is 5. The average molecular weight is 284 g/mol. The van der Waals surface area contributed by atoms with Crippen molar-refractivity contribution in [1.82, 2.24) is 10.3 Å². The third-order valence-electron chi connectivity index (χ3n) is 3.64. The van der Waals surface area contributed by atoms with E-state index in [-0.39, 0.29) is 0 Å². The van der Waals surface area contributed by atoms with E-state index in [1.165, 1.54) is 22.3 Å². The van der Waals surface area contributed by atoms with E-state index in [0.29, 0.717) is 5.88 Å². The summed E-state index contributed by atoms with van der Waals surface area (Å²) in [7, 11) is 0. The Morgan fingerprint density at radius 3 is 2.48 bits per heavy atom. The Kier molecular flexibility index (Phi) is 4.97. The lowest BCUT2D eigenvalue weighted by Gasteiger charge is -2.13. The molecular weight excluding hydrogens is 260 g/mol. The second kappa shape index (κ2) is 6.72. The smallest absolute Gasteiger partial charge is 0.222 e. The zero-order valence-corrected chi connectivity index (χ0v) is 13.6. The van der Waals surface area contributed by atoms with Gasteiger partial charge in [0.2, 0.25) is 5.88 Å². The maximum atomic E-state index is 6.03. The molecule has 0 saturated carbocycles. The number of hydrogen-bond donors (Lipinski definition) is 1. The van der Waals surface area contributed by atoms with Gasteiger partial charge in [-0.1, -0.05) is 13.0 Å². The van der Waals surface area contributed by atoms with Crippen LogP contribution in [0.2, 0.25) is 0 Å². The number of nitrogens with zero attached hydrogens (tertiary/aromatic N) is 1. The van der Waals surface area contributed by atoms with E-state index in [4.69, 9.17) is 4.74 Å². The fourth-order valence-corrected chi connectivity index (χ4v) is 2.30. The van der Waals surface area contributed by atoms with Crippen LogP contribution in [0, 0.1) is 27.7 Å². The van der Waals surface area contributed by atoms with Gasteiger partial charge in [-0.2, -0.15) is 0 Å². The largest absolute Gasteiger partial charge is 0.438 e. The maximum Gasteiger partial charge on any atom is 0.222 e. The summed E-state index contributed by atoms with van der Waals surface area (Å²) >= 11 is 0. The van der Waals surface area contributed by atoms with Crippen molar-refractivity contribution in [3.05, 3.63) is 52.2 Å². The van der Waals surface area contributed by atoms with E-state index in [0.717, 1.165) is 24.4 Å². The molecule has 1 aromatic heterocycles. The van der Waals surface area contributed by atoms with Crippen LogP contribution < -0.4 is 10.1 Å². The molecule has 0 amide bonds. The highest BCUT2D eigenvalue weighted by atomic mass is 16.5. The van der Waals surface area contributed by atoms with E-state index < -0.39 is 0 Å². The zero-order valence-electron chi connectivity index (χ0n) is 13.6. The van der Waals surface area contributed by atoms with Crippen molar-refractivity contribution in [1.29, 1.82) is 0 Å². The quantitative estimate of drug-likeness (QED) is 0.892. The monoisotopic (exact) mass is 284 g/mol. The van der Waals surface area contributed by atoms with Crippen LogP contribution in [-0.2, 0) is 6.54 Å². The van der Waals surface area contributed by atoms with Crippen molar-refractivity contribution >= 4 is 0 Å². The fraction of sp³-hybridized carbons (Fsp3) is 0.389. The first-order valence-corrected chi connectivity index (χ1v) is 7.43. The molecule has 3 nitrogen and oxygen atoms in total. The van der Waals surface area contributed by atoms with Crippen molar-refractivity contribution < 1.29 is 4.74 Å². The lowest BCUT2D eigenvalue weighted by atomic mass is 10.1. The number of nitrogens with one attached hydrogen (secondary N) is 1. The van der Waals surface area contributed by atoms with Gasteiger partial charge in [0.1, 0.15) is 5.75 Å². The van der Waals surface area contributed by atoms with Crippen molar-refractivity contribution in [3.8, 4) is 11.6 Å². The van der Waals surface area contributed by atoms with E-state index in [1.807, 2.05) is 13.1 Å². The van der Waals surface area contributed by atoms with Crippen LogP contribution in [0.15, 0.2) is 24.4 Å². The van der Waals surface area contributed by atoms with E-state index in [9.17, 15) is 0 Å². The van der Waals surface area contributed by atoms with Crippen molar-refractivity contribution in [2.75, 3.05) is 6.54 Å². The molecule has 0 aliphatic rings. The summed E-state index contributed by atoms with van der Waals surface area (Å²) in [6, 6.07) is 6.36. The second-order valence-electron chi connectivity index (χ2n) is 5.55. The predicted octanol–water partition coefficient (Wildman–Crippen LogP) is 4.22. The highest BCUT2D eigenvalue weighted by molar-refractivity contribution is 5.44. The van der Waals surface area contributed by atoms with Crippen molar-refractivity contribution in [2.45, 2.75) is 41.2 Å². The third-order valence-corrected chi connectivity index (χ3v) is 3.64. The molecule has 3 heteroatoms. The molecule has 0 fully saturated rings. The Balaban J connectivity index is 2.24. The number of aryl methyl sites for hydroxylation is 3. The normalized spacial score (nSPS) is 10.7. The van der Waals surface area contributed by atoms with Gasteiger partial charge in [0.05, 0.1) is 0 Å². The molecule has 0 unspecified atom stereocenters. The minimum absolute atomic E-state index is 0.684. The van der Waals surface area contributed by atoms with Gasteiger partial charge < -0.3 is 10.1 Å². The molecule has 0 bridgehead atoms. The summed E-state index contributed by atoms with van der Waals surface area (Å²) in [5, 5.41) is 3.30. The molecule has 0 saturated heterocycles. The van der Waals surface area contributed by atoms with E-state index >= 15 is 0 Å². The van der Waals surface area contributed by atoms with Crippen molar-refractivity contribution in [3.63, 3.8) is 0 Å². The van der Waals surface area contributed by atoms with E-state index in [1.54, 1.807) is 0 Å². The number of hydrogen-bond acceptors (Lipinski definition) is 3. The molecule has 2 aromatic rings. The Morgan fingerprint density at radius 1 is 1.05 bits per heavy atom. The first kappa shape index (κ1) is 15.5. The first-order valence-electron chi connectivity index (χ1n) is 7.43. The molecule has 0 radical (unpaired) electrons. The first-order chi connectivity index (χ1) is 10.0. The summed E-state index contributed by atoms with van der Waals surface area (Å²) in [4.78, 5) is 4.46. The maximum absolute atomic E-state index is 6.03. The summed E-state index contributed by atoms with van der Waals surface area (Å²) < 4.78 is 6.03. The molecule has 2 rings (SSSR count). The molecule has 1 N–H and O–H groups in total. The van der Waals surface area contributed by atoms with Gasteiger partial charge in [-0.3, -0.25) is 0 Å². The van der Waals surface area contributed by atoms with Gasteiger partial charge in [0.25, 0.3) is 0 Å². The highest BCUT2D eigenvalue weighted by Gasteiger charge is 2.09. The SMILES string of the molecule is CCNCc1cnc(Oc2cc(C)cc(C)c2C)c(C)c1. The van der Waals surface area contributed by atoms with Gasteiger partial charge in [-0.15, -0.1) is 0 Å². The van der Waals surface area contributed by atoms with Gasteiger partial charge in [0.15, 0.2) is 0 Å². The molecule has 0 aliphatic heterocycles. The van der Waals surface area contributed by atoms with Crippen LogP contribution in [0.1, 0.15) is 34.7 Å². The molecule has 0 spiro atoms. The minimum atomic E-state index is 0.684. The van der Waals surface area contributed by atoms with Crippen LogP contribution in [0.5, 0.6) is 11.6 Å². The standard InChI is InChI=1S/C18H24N2O/c1-6-19-10-16-9-14(4)18(20-11-16)21-17-8-12(2)7-13(3)15(17)5/h7-9,11,19H,6,10H2,1-5H3. The molecule has 112 valence electrons. The molecule has 0 atom stereocenters. The molecule has 1 aromatic carbocycles. The Hall–Kier alpha value is -1.87. The summed E-state index contributed by atoms with van der Waals surface area (Å²) in [6.07, 6.45) is 1.88. The Labute approximate surface area is 127 Å². The molecule has 21 heavy (non-hydrogen) atoms.